The topological polar surface area (TPSA) is 29.1 Å². The van der Waals surface area contributed by atoms with Gasteiger partial charge in [-0.15, -0.1) is 12.4 Å². The quantitative estimate of drug-likeness (QED) is 0.598. The van der Waals surface area contributed by atoms with Crippen molar-refractivity contribution >= 4 is 18.2 Å². The highest BCUT2D eigenvalue weighted by Crippen LogP contribution is 2.28. The van der Waals surface area contributed by atoms with Crippen molar-refractivity contribution in [2.75, 3.05) is 0 Å². The number of rotatable bonds is 0. The average Bonchev–Trinajstić information content (AvgIpc) is 2.29. The van der Waals surface area contributed by atoms with E-state index in [1.54, 1.807) is 0 Å². The van der Waals surface area contributed by atoms with Crippen molar-refractivity contribution < 1.29 is 4.79 Å². The number of fused-ring (bicyclic) bond motifs is 2. The Kier molecular flexibility index (Phi) is 2.55. The second kappa shape index (κ2) is 3.11. The van der Waals surface area contributed by atoms with Gasteiger partial charge in [0.05, 0.1) is 0 Å². The molecule has 2 aliphatic heterocycles. The minimum absolute atomic E-state index is 0. The van der Waals surface area contributed by atoms with E-state index in [2.05, 4.69) is 5.32 Å². The van der Waals surface area contributed by atoms with Gasteiger partial charge in [0.25, 0.3) is 0 Å². The molecule has 2 saturated heterocycles. The first-order valence-corrected chi connectivity index (χ1v) is 4.06. The number of hydrogen-bond donors (Lipinski definition) is 1. The summed E-state index contributed by atoms with van der Waals surface area (Å²) in [5.74, 6) is 0.741. The SMILES string of the molecule is C[C@@H]1C(=O)C[C@H]2CC[C@@H]1N2.Cl. The third-order valence-corrected chi connectivity index (χ3v) is 2.83. The Bertz CT molecular complexity index is 171. The van der Waals surface area contributed by atoms with Crippen LogP contribution >= 0.6 is 12.4 Å². The van der Waals surface area contributed by atoms with E-state index in [9.17, 15) is 4.79 Å². The molecule has 2 rings (SSSR count). The van der Waals surface area contributed by atoms with Gasteiger partial charge in [-0.2, -0.15) is 0 Å². The summed E-state index contributed by atoms with van der Waals surface area (Å²) in [7, 11) is 0. The number of nitrogens with one attached hydrogen (secondary N) is 1. The Labute approximate surface area is 73.1 Å². The van der Waals surface area contributed by atoms with Crippen LogP contribution in [0.5, 0.6) is 0 Å². The van der Waals surface area contributed by atoms with Gasteiger partial charge in [0.2, 0.25) is 0 Å². The second-order valence-corrected chi connectivity index (χ2v) is 3.51. The number of carbonyl (C=O) groups is 1. The van der Waals surface area contributed by atoms with Gasteiger partial charge < -0.3 is 5.32 Å². The van der Waals surface area contributed by atoms with Crippen LogP contribution in [-0.4, -0.2) is 17.9 Å². The lowest BCUT2D eigenvalue weighted by molar-refractivity contribution is -0.124. The molecule has 0 saturated carbocycles. The molecule has 1 N–H and O–H groups in total. The molecular weight excluding hydrogens is 162 g/mol. The highest BCUT2D eigenvalue weighted by atomic mass is 35.5. The molecule has 3 heteroatoms. The Morgan fingerprint density at radius 2 is 2.18 bits per heavy atom. The number of carbonyl (C=O) groups excluding carboxylic acids is 1. The number of ketones is 1. The van der Waals surface area contributed by atoms with Crippen molar-refractivity contribution in [3.05, 3.63) is 0 Å². The highest BCUT2D eigenvalue weighted by Gasteiger charge is 2.37. The van der Waals surface area contributed by atoms with Crippen molar-refractivity contribution in [1.29, 1.82) is 0 Å². The van der Waals surface area contributed by atoms with Gasteiger partial charge in [0, 0.05) is 24.4 Å². The van der Waals surface area contributed by atoms with Crippen LogP contribution in [-0.2, 0) is 4.79 Å². The summed E-state index contributed by atoms with van der Waals surface area (Å²) >= 11 is 0. The normalized spacial score (nSPS) is 41.9. The Morgan fingerprint density at radius 3 is 2.91 bits per heavy atom. The fourth-order valence-corrected chi connectivity index (χ4v) is 2.06. The Hall–Kier alpha value is -0.0800. The van der Waals surface area contributed by atoms with Crippen LogP contribution < -0.4 is 5.32 Å². The smallest absolute Gasteiger partial charge is 0.138 e. The molecular formula is C8H14ClNO. The van der Waals surface area contributed by atoms with Gasteiger partial charge >= 0.3 is 0 Å². The van der Waals surface area contributed by atoms with E-state index in [0.29, 0.717) is 17.9 Å². The van der Waals surface area contributed by atoms with E-state index in [0.717, 1.165) is 6.42 Å². The van der Waals surface area contributed by atoms with Crippen molar-refractivity contribution in [2.45, 2.75) is 38.3 Å². The van der Waals surface area contributed by atoms with Gasteiger partial charge in [0.15, 0.2) is 0 Å². The lowest BCUT2D eigenvalue weighted by atomic mass is 9.93. The molecule has 2 heterocycles. The molecule has 3 atom stereocenters. The Balaban J connectivity index is 0.000000605. The average molecular weight is 176 g/mol. The van der Waals surface area contributed by atoms with Crippen LogP contribution in [0.25, 0.3) is 0 Å². The molecule has 0 amide bonds. The zero-order chi connectivity index (χ0) is 7.14. The van der Waals surface area contributed by atoms with Gasteiger partial charge in [-0.1, -0.05) is 6.92 Å². The predicted octanol–water partition coefficient (Wildman–Crippen LogP) is 1.14. The predicted molar refractivity (Wildman–Crippen MR) is 46.0 cm³/mol. The first-order valence-electron chi connectivity index (χ1n) is 4.06. The summed E-state index contributed by atoms with van der Waals surface area (Å²) in [6, 6.07) is 1.03. The number of halogens is 1. The molecule has 0 aromatic heterocycles. The van der Waals surface area contributed by atoms with Gasteiger partial charge in [-0.05, 0) is 12.8 Å². The van der Waals surface area contributed by atoms with Crippen LogP contribution in [0.2, 0.25) is 0 Å². The minimum atomic E-state index is 0. The van der Waals surface area contributed by atoms with Crippen LogP contribution in [0.3, 0.4) is 0 Å². The second-order valence-electron chi connectivity index (χ2n) is 3.51. The number of piperidine rings is 1. The third-order valence-electron chi connectivity index (χ3n) is 2.83. The summed E-state index contributed by atoms with van der Waals surface area (Å²) in [4.78, 5) is 11.2. The first kappa shape index (κ1) is 9.01. The van der Waals surface area contributed by atoms with Crippen LogP contribution in [0.15, 0.2) is 0 Å². The fraction of sp³-hybridized carbons (Fsp3) is 0.875. The van der Waals surface area contributed by atoms with Gasteiger partial charge in [0.1, 0.15) is 5.78 Å². The van der Waals surface area contributed by atoms with E-state index >= 15 is 0 Å². The summed E-state index contributed by atoms with van der Waals surface area (Å²) < 4.78 is 0. The molecule has 0 radical (unpaired) electrons. The molecule has 2 fully saturated rings. The lowest BCUT2D eigenvalue weighted by Crippen LogP contribution is -2.44. The summed E-state index contributed by atoms with van der Waals surface area (Å²) in [6.45, 7) is 2.04. The monoisotopic (exact) mass is 175 g/mol. The number of Topliss-reactive ketones (excluding diaryl/α,β-unsaturated/α-hetero) is 1. The van der Waals surface area contributed by atoms with Crippen molar-refractivity contribution in [1.82, 2.24) is 5.32 Å². The van der Waals surface area contributed by atoms with Crippen molar-refractivity contribution in [2.24, 2.45) is 5.92 Å². The summed E-state index contributed by atoms with van der Waals surface area (Å²) in [5, 5.41) is 3.45. The number of hydrogen-bond acceptors (Lipinski definition) is 2. The maximum atomic E-state index is 11.2. The molecule has 64 valence electrons. The van der Waals surface area contributed by atoms with E-state index in [1.165, 1.54) is 12.8 Å². The molecule has 0 aromatic rings. The standard InChI is InChI=1S/C8H13NO.ClH/c1-5-7-3-2-6(9-7)4-8(5)10;/h5-7,9H,2-4H2,1H3;1H/t5-,6+,7-;/m0./s1. The molecule has 0 aliphatic carbocycles. The molecule has 0 aromatic carbocycles. The third kappa shape index (κ3) is 1.42. The van der Waals surface area contributed by atoms with Crippen LogP contribution in [0.1, 0.15) is 26.2 Å². The minimum Gasteiger partial charge on any atom is -0.310 e. The van der Waals surface area contributed by atoms with Crippen molar-refractivity contribution in [3.63, 3.8) is 0 Å². The zero-order valence-corrected chi connectivity index (χ0v) is 7.49. The fourth-order valence-electron chi connectivity index (χ4n) is 2.06. The van der Waals surface area contributed by atoms with E-state index in [-0.39, 0.29) is 18.3 Å². The molecule has 11 heavy (non-hydrogen) atoms. The molecule has 2 aliphatic rings. The van der Waals surface area contributed by atoms with Crippen LogP contribution in [0.4, 0.5) is 0 Å². The summed E-state index contributed by atoms with van der Waals surface area (Å²) in [5.41, 5.74) is 0. The Morgan fingerprint density at radius 1 is 1.45 bits per heavy atom. The molecule has 0 unspecified atom stereocenters. The maximum absolute atomic E-state index is 11.2. The molecule has 0 spiro atoms. The van der Waals surface area contributed by atoms with E-state index < -0.39 is 0 Å². The van der Waals surface area contributed by atoms with E-state index in [4.69, 9.17) is 0 Å². The van der Waals surface area contributed by atoms with Crippen LogP contribution in [0, 0.1) is 5.92 Å². The maximum Gasteiger partial charge on any atom is 0.138 e. The largest absolute Gasteiger partial charge is 0.310 e. The summed E-state index contributed by atoms with van der Waals surface area (Å²) in [6.07, 6.45) is 3.19. The van der Waals surface area contributed by atoms with Gasteiger partial charge in [-0.25, -0.2) is 0 Å². The highest BCUT2D eigenvalue weighted by molar-refractivity contribution is 5.85. The van der Waals surface area contributed by atoms with Crippen molar-refractivity contribution in [3.8, 4) is 0 Å². The van der Waals surface area contributed by atoms with Gasteiger partial charge in [-0.3, -0.25) is 4.79 Å². The van der Waals surface area contributed by atoms with E-state index in [1.807, 2.05) is 6.92 Å². The lowest BCUT2D eigenvalue weighted by Gasteiger charge is -2.25. The molecule has 2 nitrogen and oxygen atoms in total. The zero-order valence-electron chi connectivity index (χ0n) is 6.67. The molecule has 2 bridgehead atoms. The first-order chi connectivity index (χ1) is 4.77.